The average Bonchev–Trinajstić information content (AvgIpc) is 2.89. The van der Waals surface area contributed by atoms with E-state index in [9.17, 15) is 0 Å². The summed E-state index contributed by atoms with van der Waals surface area (Å²) in [5.74, 6) is 3.61. The molecule has 4 heteroatoms. The van der Waals surface area contributed by atoms with Gasteiger partial charge < -0.3 is 18.9 Å². The molecule has 4 nitrogen and oxygen atoms in total. The van der Waals surface area contributed by atoms with Crippen molar-refractivity contribution < 1.29 is 18.9 Å². The molecule has 0 aromatic heterocycles. The van der Waals surface area contributed by atoms with E-state index in [4.69, 9.17) is 18.9 Å². The fraction of sp³-hybridized carbons (Fsp3) is 0.314. The van der Waals surface area contributed by atoms with Gasteiger partial charge in [0, 0.05) is 19.3 Å². The van der Waals surface area contributed by atoms with Crippen molar-refractivity contribution in [3.63, 3.8) is 0 Å². The van der Waals surface area contributed by atoms with Gasteiger partial charge in [0.2, 0.25) is 0 Å². The molecule has 0 spiro atoms. The Labute approximate surface area is 233 Å². The minimum atomic E-state index is 0.700. The van der Waals surface area contributed by atoms with Gasteiger partial charge >= 0.3 is 0 Å². The Morgan fingerprint density at radius 3 is 1.00 bits per heavy atom. The highest BCUT2D eigenvalue weighted by Crippen LogP contribution is 2.36. The second kappa shape index (κ2) is 12.3. The van der Waals surface area contributed by atoms with E-state index in [-0.39, 0.29) is 0 Å². The van der Waals surface area contributed by atoms with Gasteiger partial charge in [0.25, 0.3) is 0 Å². The van der Waals surface area contributed by atoms with Gasteiger partial charge in [-0.2, -0.15) is 0 Å². The summed E-state index contributed by atoms with van der Waals surface area (Å²) in [4.78, 5) is 0. The molecule has 0 N–H and O–H groups in total. The van der Waals surface area contributed by atoms with Crippen molar-refractivity contribution >= 4 is 0 Å². The zero-order chi connectivity index (χ0) is 28.1. The third-order valence-electron chi connectivity index (χ3n) is 7.20. The smallest absolute Gasteiger partial charge is 0.125 e. The summed E-state index contributed by atoms with van der Waals surface area (Å²) in [5, 5.41) is 0. The van der Waals surface area contributed by atoms with Crippen molar-refractivity contribution in [2.24, 2.45) is 0 Å². The van der Waals surface area contributed by atoms with Crippen molar-refractivity contribution in [2.75, 3.05) is 28.4 Å². The number of hydrogen-bond acceptors (Lipinski definition) is 4. The first-order valence-electron chi connectivity index (χ1n) is 13.4. The number of hydrogen-bond donors (Lipinski definition) is 0. The Bertz CT molecular complexity index is 1360. The molecule has 0 aliphatic carbocycles. The van der Waals surface area contributed by atoms with Crippen LogP contribution in [-0.2, 0) is 19.3 Å². The number of rotatable bonds is 10. The van der Waals surface area contributed by atoms with E-state index in [1.165, 1.54) is 22.3 Å². The lowest BCUT2D eigenvalue weighted by atomic mass is 9.91. The van der Waals surface area contributed by atoms with E-state index in [0.29, 0.717) is 6.42 Å². The van der Waals surface area contributed by atoms with Crippen LogP contribution >= 0.6 is 0 Å². The predicted molar refractivity (Wildman–Crippen MR) is 159 cm³/mol. The molecule has 0 aliphatic heterocycles. The minimum Gasteiger partial charge on any atom is -0.496 e. The van der Waals surface area contributed by atoms with Crippen LogP contribution < -0.4 is 18.9 Å². The topological polar surface area (TPSA) is 36.9 Å². The van der Waals surface area contributed by atoms with Gasteiger partial charge in [0.1, 0.15) is 23.0 Å². The molecule has 4 rings (SSSR count). The lowest BCUT2D eigenvalue weighted by Crippen LogP contribution is -2.05. The van der Waals surface area contributed by atoms with Gasteiger partial charge in [-0.25, -0.2) is 0 Å². The molecule has 0 radical (unpaired) electrons. The molecule has 0 fully saturated rings. The van der Waals surface area contributed by atoms with Gasteiger partial charge in [-0.1, -0.05) is 70.8 Å². The van der Waals surface area contributed by atoms with Crippen molar-refractivity contribution in [1.29, 1.82) is 0 Å². The van der Waals surface area contributed by atoms with E-state index in [1.54, 1.807) is 28.4 Å². The first kappa shape index (κ1) is 28.1. The van der Waals surface area contributed by atoms with E-state index >= 15 is 0 Å². The van der Waals surface area contributed by atoms with E-state index < -0.39 is 0 Å². The van der Waals surface area contributed by atoms with Gasteiger partial charge in [-0.15, -0.1) is 0 Å². The molecule has 204 valence electrons. The van der Waals surface area contributed by atoms with Gasteiger partial charge in [-0.05, 0) is 73.2 Å². The zero-order valence-electron chi connectivity index (χ0n) is 24.5. The Morgan fingerprint density at radius 1 is 0.385 bits per heavy atom. The summed E-state index contributed by atoms with van der Waals surface area (Å²) in [6.07, 6.45) is 2.16. The van der Waals surface area contributed by atoms with Crippen molar-refractivity contribution in [1.82, 2.24) is 0 Å². The Balaban J connectivity index is 1.76. The van der Waals surface area contributed by atoms with E-state index in [0.717, 1.165) is 69.2 Å². The maximum atomic E-state index is 6.05. The average molecular weight is 525 g/mol. The highest BCUT2D eigenvalue weighted by atomic mass is 16.5. The van der Waals surface area contributed by atoms with E-state index in [1.807, 2.05) is 12.1 Å². The zero-order valence-corrected chi connectivity index (χ0v) is 24.5. The third kappa shape index (κ3) is 6.39. The largest absolute Gasteiger partial charge is 0.496 e. The summed E-state index contributed by atoms with van der Waals surface area (Å²) in [6, 6.07) is 21.5. The molecule has 0 heterocycles. The standard InChI is InChI=1S/C35H40O4/c1-22-9-11-32(36-5)26(13-22)19-28-15-24(3)17-30(34(28)38-7)21-31-18-25(4)16-29(35(31)39-8)20-27-14-23(2)10-12-33(27)37-6/h9-18H,19-21H2,1-8H3. The summed E-state index contributed by atoms with van der Waals surface area (Å²) in [6.45, 7) is 8.50. The number of methoxy groups -OCH3 is 4. The van der Waals surface area contributed by atoms with Gasteiger partial charge in [-0.3, -0.25) is 0 Å². The predicted octanol–water partition coefficient (Wildman–Crippen LogP) is 7.73. The molecule has 0 bridgehead atoms. The highest BCUT2D eigenvalue weighted by Gasteiger charge is 2.18. The van der Waals surface area contributed by atoms with Crippen LogP contribution in [0.15, 0.2) is 60.7 Å². The molecule has 0 aliphatic rings. The minimum absolute atomic E-state index is 0.700. The maximum absolute atomic E-state index is 6.05. The first-order chi connectivity index (χ1) is 18.8. The monoisotopic (exact) mass is 524 g/mol. The van der Waals surface area contributed by atoms with Crippen LogP contribution in [0.3, 0.4) is 0 Å². The third-order valence-corrected chi connectivity index (χ3v) is 7.20. The summed E-state index contributed by atoms with van der Waals surface area (Å²) in [5.41, 5.74) is 11.7. The normalized spacial score (nSPS) is 10.9. The molecule has 4 aromatic rings. The first-order valence-corrected chi connectivity index (χ1v) is 13.4. The van der Waals surface area contributed by atoms with Crippen LogP contribution in [0, 0.1) is 27.7 Å². The Hall–Kier alpha value is -3.92. The number of ether oxygens (including phenoxy) is 4. The molecule has 4 aromatic carbocycles. The fourth-order valence-electron chi connectivity index (χ4n) is 5.61. The van der Waals surface area contributed by atoms with Crippen molar-refractivity contribution in [2.45, 2.75) is 47.0 Å². The molecule has 0 saturated heterocycles. The lowest BCUT2D eigenvalue weighted by Gasteiger charge is -2.20. The van der Waals surface area contributed by atoms with Crippen LogP contribution in [0.2, 0.25) is 0 Å². The molecule has 0 saturated carbocycles. The van der Waals surface area contributed by atoms with Crippen LogP contribution in [0.4, 0.5) is 0 Å². The molecular weight excluding hydrogens is 484 g/mol. The van der Waals surface area contributed by atoms with Crippen molar-refractivity contribution in [3.8, 4) is 23.0 Å². The highest BCUT2D eigenvalue weighted by molar-refractivity contribution is 5.55. The summed E-state index contributed by atoms with van der Waals surface area (Å²) >= 11 is 0. The fourth-order valence-corrected chi connectivity index (χ4v) is 5.61. The lowest BCUT2D eigenvalue weighted by molar-refractivity contribution is 0.398. The van der Waals surface area contributed by atoms with Crippen LogP contribution in [0.25, 0.3) is 0 Å². The molecular formula is C35H40O4. The number of aryl methyl sites for hydroxylation is 4. The summed E-state index contributed by atoms with van der Waals surface area (Å²) < 4.78 is 23.4. The second-order valence-corrected chi connectivity index (χ2v) is 10.4. The summed E-state index contributed by atoms with van der Waals surface area (Å²) in [7, 11) is 6.96. The van der Waals surface area contributed by atoms with Crippen LogP contribution in [0.5, 0.6) is 23.0 Å². The second-order valence-electron chi connectivity index (χ2n) is 10.4. The number of benzene rings is 4. The molecule has 39 heavy (non-hydrogen) atoms. The van der Waals surface area contributed by atoms with Crippen LogP contribution in [0.1, 0.15) is 55.6 Å². The maximum Gasteiger partial charge on any atom is 0.125 e. The molecule has 0 atom stereocenters. The van der Waals surface area contributed by atoms with Crippen LogP contribution in [-0.4, -0.2) is 28.4 Å². The van der Waals surface area contributed by atoms with Gasteiger partial charge in [0.05, 0.1) is 28.4 Å². The van der Waals surface area contributed by atoms with Gasteiger partial charge in [0.15, 0.2) is 0 Å². The molecule has 0 amide bonds. The Morgan fingerprint density at radius 2 is 0.692 bits per heavy atom. The molecule has 0 unspecified atom stereocenters. The SMILES string of the molecule is COc1ccc(C)cc1Cc1cc(C)cc(Cc2cc(C)cc(Cc3cc(C)ccc3OC)c2OC)c1OC. The quantitative estimate of drug-likeness (QED) is 0.213. The van der Waals surface area contributed by atoms with E-state index in [2.05, 4.69) is 76.2 Å². The van der Waals surface area contributed by atoms with Crippen molar-refractivity contribution in [3.05, 3.63) is 116 Å². The Kier molecular flexibility index (Phi) is 8.86.